The van der Waals surface area contributed by atoms with Crippen molar-refractivity contribution >= 4 is 5.91 Å². The van der Waals surface area contributed by atoms with Crippen LogP contribution in [0.5, 0.6) is 0 Å². The number of carbonyl (C=O) groups is 1. The Bertz CT molecular complexity index is 418. The largest absolute Gasteiger partial charge is 0.435 e. The van der Waals surface area contributed by atoms with Crippen molar-refractivity contribution in [3.8, 4) is 0 Å². The van der Waals surface area contributed by atoms with Crippen LogP contribution in [0, 0.1) is 0 Å². The van der Waals surface area contributed by atoms with Gasteiger partial charge in [0.25, 0.3) is 5.91 Å². The van der Waals surface area contributed by atoms with Gasteiger partial charge in [0.05, 0.1) is 6.20 Å². The maximum absolute atomic E-state index is 12.1. The van der Waals surface area contributed by atoms with E-state index in [4.69, 9.17) is 4.42 Å². The van der Waals surface area contributed by atoms with Crippen LogP contribution < -0.4 is 5.32 Å². The lowest BCUT2D eigenvalue weighted by Crippen LogP contribution is -2.27. The number of aromatic nitrogens is 1. The fraction of sp³-hybridized carbons (Fsp3) is 0.692. The number of hydrogen-bond donors (Lipinski definition) is 1. The van der Waals surface area contributed by atoms with E-state index in [1.54, 1.807) is 6.20 Å². The first-order chi connectivity index (χ1) is 8.84. The number of hydrogen-bond acceptors (Lipinski definition) is 4. The van der Waals surface area contributed by atoms with E-state index in [0.29, 0.717) is 11.7 Å². The molecule has 0 spiro atoms. The summed E-state index contributed by atoms with van der Waals surface area (Å²) < 4.78 is 5.67. The molecule has 0 aromatic carbocycles. The lowest BCUT2D eigenvalue weighted by molar-refractivity contribution is 0.0758. The number of piperidine rings is 1. The summed E-state index contributed by atoms with van der Waals surface area (Å²) in [4.78, 5) is 18.3. The molecule has 3 heterocycles. The van der Waals surface area contributed by atoms with Crippen LogP contribution in [0.3, 0.4) is 0 Å². The van der Waals surface area contributed by atoms with Gasteiger partial charge in [-0.15, -0.1) is 0 Å². The first kappa shape index (κ1) is 11.7. The number of nitrogens with one attached hydrogen (secondary N) is 1. The summed E-state index contributed by atoms with van der Waals surface area (Å²) in [6.07, 6.45) is 5.87. The average molecular weight is 249 g/mol. The number of likely N-dealkylation sites (tertiary alicyclic amines) is 1. The van der Waals surface area contributed by atoms with Crippen molar-refractivity contribution in [2.45, 2.75) is 31.6 Å². The van der Waals surface area contributed by atoms with Gasteiger partial charge in [-0.25, -0.2) is 4.98 Å². The van der Waals surface area contributed by atoms with Crippen LogP contribution in [0.4, 0.5) is 0 Å². The highest BCUT2D eigenvalue weighted by atomic mass is 16.4. The lowest BCUT2D eigenvalue weighted by atomic mass is 9.98. The van der Waals surface area contributed by atoms with Gasteiger partial charge >= 0.3 is 0 Å². The highest BCUT2D eigenvalue weighted by Gasteiger charge is 2.25. The Labute approximate surface area is 107 Å². The van der Waals surface area contributed by atoms with E-state index < -0.39 is 0 Å². The third kappa shape index (κ3) is 2.27. The summed E-state index contributed by atoms with van der Waals surface area (Å²) in [5.74, 6) is 1.51. The molecule has 2 aliphatic heterocycles. The van der Waals surface area contributed by atoms with Crippen molar-refractivity contribution < 1.29 is 9.21 Å². The zero-order chi connectivity index (χ0) is 12.4. The molecule has 2 fully saturated rings. The second-order valence-corrected chi connectivity index (χ2v) is 5.09. The average Bonchev–Trinajstić information content (AvgIpc) is 3.10. The minimum atomic E-state index is 0.000171. The van der Waals surface area contributed by atoms with Gasteiger partial charge in [0.15, 0.2) is 5.89 Å². The number of nitrogens with zero attached hydrogens (tertiary/aromatic N) is 2. The highest BCUT2D eigenvalue weighted by molar-refractivity contribution is 5.91. The predicted molar refractivity (Wildman–Crippen MR) is 66.5 cm³/mol. The normalized spacial score (nSPS) is 21.4. The van der Waals surface area contributed by atoms with E-state index in [2.05, 4.69) is 10.3 Å². The molecule has 0 bridgehead atoms. The van der Waals surface area contributed by atoms with Gasteiger partial charge in [-0.3, -0.25) is 4.79 Å². The van der Waals surface area contributed by atoms with Crippen molar-refractivity contribution in [3.63, 3.8) is 0 Å². The number of carbonyl (C=O) groups excluding carboxylic acids is 1. The maximum Gasteiger partial charge on any atom is 0.291 e. The number of amides is 1. The van der Waals surface area contributed by atoms with Crippen molar-refractivity contribution in [1.29, 1.82) is 0 Å². The van der Waals surface area contributed by atoms with Gasteiger partial charge in [0, 0.05) is 19.0 Å². The monoisotopic (exact) mass is 249 g/mol. The van der Waals surface area contributed by atoms with Gasteiger partial charge in [-0.05, 0) is 38.8 Å². The third-order valence-corrected chi connectivity index (χ3v) is 3.82. The fourth-order valence-electron chi connectivity index (χ4n) is 2.72. The summed E-state index contributed by atoms with van der Waals surface area (Å²) in [6.45, 7) is 3.70. The van der Waals surface area contributed by atoms with Crippen LogP contribution in [0.1, 0.15) is 48.0 Å². The smallest absolute Gasteiger partial charge is 0.291 e. The molecule has 5 nitrogen and oxygen atoms in total. The highest BCUT2D eigenvalue weighted by Crippen LogP contribution is 2.25. The number of oxazole rings is 1. The second kappa shape index (κ2) is 5.10. The zero-order valence-corrected chi connectivity index (χ0v) is 10.5. The van der Waals surface area contributed by atoms with Crippen LogP contribution in [0.25, 0.3) is 0 Å². The Morgan fingerprint density at radius 3 is 2.78 bits per heavy atom. The maximum atomic E-state index is 12.1. The van der Waals surface area contributed by atoms with Crippen LogP contribution in [0.15, 0.2) is 10.6 Å². The predicted octanol–water partition coefficient (Wildman–Crippen LogP) is 1.38. The molecule has 1 aromatic rings. The van der Waals surface area contributed by atoms with Gasteiger partial charge in [0.1, 0.15) is 0 Å². The van der Waals surface area contributed by atoms with Gasteiger partial charge in [-0.1, -0.05) is 0 Å². The molecule has 0 atom stereocenters. The van der Waals surface area contributed by atoms with Crippen LogP contribution in [-0.2, 0) is 0 Å². The number of rotatable bonds is 2. The van der Waals surface area contributed by atoms with E-state index in [1.807, 2.05) is 4.90 Å². The Hall–Kier alpha value is -1.36. The van der Waals surface area contributed by atoms with Crippen LogP contribution >= 0.6 is 0 Å². The molecule has 0 unspecified atom stereocenters. The minimum absolute atomic E-state index is 0.000171. The Kier molecular flexibility index (Phi) is 3.32. The molecule has 1 aromatic heterocycles. The molecule has 0 radical (unpaired) electrons. The summed E-state index contributed by atoms with van der Waals surface area (Å²) in [7, 11) is 0. The lowest BCUT2D eigenvalue weighted by Gasteiger charge is -2.19. The molecule has 5 heteroatoms. The SMILES string of the molecule is O=C(c1cnc(C2CCNCC2)o1)N1CCCC1. The van der Waals surface area contributed by atoms with Crippen molar-refractivity contribution in [1.82, 2.24) is 15.2 Å². The van der Waals surface area contributed by atoms with E-state index in [-0.39, 0.29) is 5.91 Å². The van der Waals surface area contributed by atoms with E-state index in [9.17, 15) is 4.79 Å². The van der Waals surface area contributed by atoms with Gasteiger partial charge in [0.2, 0.25) is 5.76 Å². The molecule has 3 rings (SSSR count). The standard InChI is InChI=1S/C13H19N3O2/c17-13(16-7-1-2-8-16)11-9-15-12(18-11)10-3-5-14-6-4-10/h9-10,14H,1-8H2. The van der Waals surface area contributed by atoms with Crippen molar-refractivity contribution in [2.24, 2.45) is 0 Å². The molecule has 0 aliphatic carbocycles. The summed E-state index contributed by atoms with van der Waals surface area (Å²) >= 11 is 0. The van der Waals surface area contributed by atoms with Crippen molar-refractivity contribution in [2.75, 3.05) is 26.2 Å². The Balaban J connectivity index is 1.70. The molecule has 98 valence electrons. The second-order valence-electron chi connectivity index (χ2n) is 5.09. The third-order valence-electron chi connectivity index (χ3n) is 3.82. The zero-order valence-electron chi connectivity index (χ0n) is 10.5. The first-order valence-corrected chi connectivity index (χ1v) is 6.80. The Morgan fingerprint density at radius 1 is 1.33 bits per heavy atom. The van der Waals surface area contributed by atoms with Crippen LogP contribution in [0.2, 0.25) is 0 Å². The fourth-order valence-corrected chi connectivity index (χ4v) is 2.72. The van der Waals surface area contributed by atoms with E-state index in [1.165, 1.54) is 0 Å². The molecule has 2 aliphatic rings. The molecule has 1 N–H and O–H groups in total. The van der Waals surface area contributed by atoms with E-state index >= 15 is 0 Å². The van der Waals surface area contributed by atoms with Gasteiger partial charge < -0.3 is 14.6 Å². The molecule has 2 saturated heterocycles. The summed E-state index contributed by atoms with van der Waals surface area (Å²) in [5, 5.41) is 3.31. The molecular weight excluding hydrogens is 230 g/mol. The minimum Gasteiger partial charge on any atom is -0.435 e. The molecule has 0 saturated carbocycles. The molecule has 1 amide bonds. The van der Waals surface area contributed by atoms with Gasteiger partial charge in [-0.2, -0.15) is 0 Å². The summed E-state index contributed by atoms with van der Waals surface area (Å²) in [6, 6.07) is 0. The van der Waals surface area contributed by atoms with Crippen molar-refractivity contribution in [3.05, 3.63) is 17.8 Å². The van der Waals surface area contributed by atoms with E-state index in [0.717, 1.165) is 57.8 Å². The first-order valence-electron chi connectivity index (χ1n) is 6.80. The molecular formula is C13H19N3O2. The molecule has 18 heavy (non-hydrogen) atoms. The van der Waals surface area contributed by atoms with Crippen LogP contribution in [-0.4, -0.2) is 42.0 Å². The summed E-state index contributed by atoms with van der Waals surface area (Å²) in [5.41, 5.74) is 0. The Morgan fingerprint density at radius 2 is 2.06 bits per heavy atom. The quantitative estimate of drug-likeness (QED) is 0.860. The topological polar surface area (TPSA) is 58.4 Å².